The number of fused-ring (bicyclic) bond motifs is 1. The number of carboxylic acid groups (broad SMARTS) is 1. The molecule has 38 heavy (non-hydrogen) atoms. The number of carbonyl (C=O) groups excluding carboxylic acids is 2. The molecule has 1 heterocycles. The van der Waals surface area contributed by atoms with E-state index in [9.17, 15) is 19.5 Å². The lowest BCUT2D eigenvalue weighted by Crippen LogP contribution is -2.38. The number of nitrogens with zero attached hydrogens (tertiary/aromatic N) is 1. The zero-order valence-corrected chi connectivity index (χ0v) is 21.4. The van der Waals surface area contributed by atoms with Crippen LogP contribution in [0.3, 0.4) is 0 Å². The number of carboxylic acids is 1. The molecule has 0 saturated carbocycles. The Morgan fingerprint density at radius 1 is 0.974 bits per heavy atom. The Morgan fingerprint density at radius 3 is 2.47 bits per heavy atom. The highest BCUT2D eigenvalue weighted by atomic mass is 16.5. The number of amides is 1. The highest BCUT2D eigenvalue weighted by Crippen LogP contribution is 2.48. The number of hydrogen-bond acceptors (Lipinski definition) is 5. The van der Waals surface area contributed by atoms with Crippen LogP contribution in [0.25, 0.3) is 0 Å². The van der Waals surface area contributed by atoms with Crippen molar-refractivity contribution < 1.29 is 24.2 Å². The number of aryl methyl sites for hydroxylation is 1. The number of Topliss-reactive ketones (excluding diaryl/α,β-unsaturated/α-hetero) is 1. The van der Waals surface area contributed by atoms with Crippen LogP contribution >= 0.6 is 0 Å². The van der Waals surface area contributed by atoms with Crippen molar-refractivity contribution in [2.45, 2.75) is 44.6 Å². The minimum absolute atomic E-state index is 0.00161. The van der Waals surface area contributed by atoms with Crippen molar-refractivity contribution in [3.63, 3.8) is 0 Å². The molecule has 1 aliphatic heterocycles. The maximum absolute atomic E-state index is 14.0. The molecule has 0 bridgehead atoms. The second-order valence-electron chi connectivity index (χ2n) is 9.81. The van der Waals surface area contributed by atoms with Gasteiger partial charge in [0.15, 0.2) is 5.78 Å². The van der Waals surface area contributed by atoms with Crippen LogP contribution in [-0.4, -0.2) is 29.9 Å². The van der Waals surface area contributed by atoms with E-state index < -0.39 is 12.0 Å². The van der Waals surface area contributed by atoms with Gasteiger partial charge in [-0.3, -0.25) is 19.3 Å². The molecule has 3 aromatic rings. The van der Waals surface area contributed by atoms with Gasteiger partial charge in [0.1, 0.15) is 5.75 Å². The number of ketones is 1. The minimum Gasteiger partial charge on any atom is -0.497 e. The number of nitrogens with one attached hydrogen (secondary N) is 1. The van der Waals surface area contributed by atoms with E-state index >= 15 is 0 Å². The Morgan fingerprint density at radius 2 is 1.74 bits per heavy atom. The van der Waals surface area contributed by atoms with Crippen LogP contribution in [0.1, 0.15) is 54.3 Å². The summed E-state index contributed by atoms with van der Waals surface area (Å²) in [5, 5.41) is 12.8. The second kappa shape index (κ2) is 10.5. The zero-order chi connectivity index (χ0) is 26.8. The maximum atomic E-state index is 14.0. The summed E-state index contributed by atoms with van der Waals surface area (Å²) in [6.07, 6.45) is 0.436. The molecule has 2 aliphatic rings. The molecular weight excluding hydrogens is 480 g/mol. The predicted octanol–water partition coefficient (Wildman–Crippen LogP) is 5.77. The summed E-state index contributed by atoms with van der Waals surface area (Å²) >= 11 is 0. The van der Waals surface area contributed by atoms with Gasteiger partial charge >= 0.3 is 5.97 Å². The minimum atomic E-state index is -1.05. The third kappa shape index (κ3) is 4.92. The van der Waals surface area contributed by atoms with E-state index in [1.807, 2.05) is 55.5 Å². The van der Waals surface area contributed by atoms with Crippen molar-refractivity contribution in [2.24, 2.45) is 0 Å². The Hall–Kier alpha value is -4.39. The van der Waals surface area contributed by atoms with Crippen molar-refractivity contribution >= 4 is 29.0 Å². The second-order valence-corrected chi connectivity index (χ2v) is 9.81. The molecular formula is C31H30N2O5. The van der Waals surface area contributed by atoms with E-state index in [1.54, 1.807) is 12.0 Å². The summed E-state index contributed by atoms with van der Waals surface area (Å²) in [5.74, 6) is -0.847. The summed E-state index contributed by atoms with van der Waals surface area (Å²) in [4.78, 5) is 40.7. The SMILES string of the molecule is COc1cccc(C2C3=C(CC(c4ccc(C)cc4)CC3=O)Nc3ccccc3N2C(=O)CCC(=O)O)c1. The molecule has 194 valence electrons. The van der Waals surface area contributed by atoms with Crippen LogP contribution < -0.4 is 15.0 Å². The highest BCUT2D eigenvalue weighted by molar-refractivity contribution is 6.06. The summed E-state index contributed by atoms with van der Waals surface area (Å²) < 4.78 is 5.47. The third-order valence-electron chi connectivity index (χ3n) is 7.27. The summed E-state index contributed by atoms with van der Waals surface area (Å²) in [7, 11) is 1.57. The quantitative estimate of drug-likeness (QED) is 0.437. The number of hydrogen-bond donors (Lipinski definition) is 2. The first-order valence-electron chi connectivity index (χ1n) is 12.7. The Labute approximate surface area is 221 Å². The Balaban J connectivity index is 1.68. The normalized spacial score (nSPS) is 18.7. The first kappa shape index (κ1) is 25.3. The van der Waals surface area contributed by atoms with Gasteiger partial charge < -0.3 is 15.2 Å². The molecule has 0 radical (unpaired) electrons. The van der Waals surface area contributed by atoms with Crippen molar-refractivity contribution in [2.75, 3.05) is 17.3 Å². The Bertz CT molecular complexity index is 1430. The molecule has 2 unspecified atom stereocenters. The molecule has 7 heteroatoms. The van der Waals surface area contributed by atoms with Gasteiger partial charge in [0.25, 0.3) is 0 Å². The Kier molecular flexibility index (Phi) is 7.01. The molecule has 2 atom stereocenters. The number of methoxy groups -OCH3 is 1. The van der Waals surface area contributed by atoms with Crippen LogP contribution in [0.15, 0.2) is 84.1 Å². The van der Waals surface area contributed by atoms with Crippen molar-refractivity contribution in [1.82, 2.24) is 0 Å². The zero-order valence-electron chi connectivity index (χ0n) is 21.4. The van der Waals surface area contributed by atoms with Gasteiger partial charge in [-0.1, -0.05) is 54.1 Å². The molecule has 3 aromatic carbocycles. The van der Waals surface area contributed by atoms with Crippen LogP contribution in [0.5, 0.6) is 5.75 Å². The molecule has 0 aromatic heterocycles. The lowest BCUT2D eigenvalue weighted by molar-refractivity contribution is -0.138. The summed E-state index contributed by atoms with van der Waals surface area (Å²) in [6.45, 7) is 2.04. The molecule has 2 N–H and O–H groups in total. The molecule has 1 aliphatic carbocycles. The first-order valence-corrected chi connectivity index (χ1v) is 12.7. The molecule has 1 amide bonds. The number of carbonyl (C=O) groups is 3. The number of allylic oxidation sites excluding steroid dienone is 1. The molecule has 0 spiro atoms. The summed E-state index contributed by atoms with van der Waals surface area (Å²) in [6, 6.07) is 22.3. The molecule has 0 fully saturated rings. The third-order valence-corrected chi connectivity index (χ3v) is 7.27. The lowest BCUT2D eigenvalue weighted by Gasteiger charge is -2.35. The van der Waals surface area contributed by atoms with Crippen molar-refractivity contribution in [1.29, 1.82) is 0 Å². The number of aliphatic carboxylic acids is 1. The summed E-state index contributed by atoms with van der Waals surface area (Å²) in [5.41, 5.74) is 5.59. The van der Waals surface area contributed by atoms with E-state index in [0.717, 1.165) is 22.4 Å². The smallest absolute Gasteiger partial charge is 0.303 e. The molecule has 0 saturated heterocycles. The van der Waals surface area contributed by atoms with Crippen LogP contribution in [-0.2, 0) is 14.4 Å². The number of anilines is 2. The molecule has 5 rings (SSSR count). The van der Waals surface area contributed by atoms with Gasteiger partial charge in [0.2, 0.25) is 5.91 Å². The van der Waals surface area contributed by atoms with E-state index in [1.165, 1.54) is 0 Å². The average molecular weight is 511 g/mol. The maximum Gasteiger partial charge on any atom is 0.303 e. The fraction of sp³-hybridized carbons (Fsp3) is 0.258. The fourth-order valence-corrected chi connectivity index (χ4v) is 5.40. The number of benzene rings is 3. The lowest BCUT2D eigenvalue weighted by atomic mass is 9.78. The van der Waals surface area contributed by atoms with Gasteiger partial charge in [-0.25, -0.2) is 0 Å². The van der Waals surface area contributed by atoms with E-state index in [4.69, 9.17) is 4.74 Å². The van der Waals surface area contributed by atoms with Crippen LogP contribution in [0.4, 0.5) is 11.4 Å². The standard InChI is InChI=1S/C31H30N2O5/c1-19-10-12-20(13-11-19)22-17-25-30(27(34)18-22)31(21-6-5-7-23(16-21)38-2)33(28(35)14-15-29(36)37)26-9-4-3-8-24(26)32-25/h3-13,16,22,31-32H,14-15,17-18H2,1-2H3,(H,36,37). The fourth-order valence-electron chi connectivity index (χ4n) is 5.40. The topological polar surface area (TPSA) is 95.9 Å². The van der Waals surface area contributed by atoms with Crippen molar-refractivity contribution in [3.05, 3.63) is 101 Å². The monoisotopic (exact) mass is 510 g/mol. The predicted molar refractivity (Wildman–Crippen MR) is 145 cm³/mol. The van der Waals surface area contributed by atoms with Gasteiger partial charge in [-0.2, -0.15) is 0 Å². The number of para-hydroxylation sites is 2. The largest absolute Gasteiger partial charge is 0.497 e. The highest BCUT2D eigenvalue weighted by Gasteiger charge is 2.41. The van der Waals surface area contributed by atoms with E-state index in [2.05, 4.69) is 29.6 Å². The van der Waals surface area contributed by atoms with Gasteiger partial charge in [0, 0.05) is 24.1 Å². The van der Waals surface area contributed by atoms with E-state index in [0.29, 0.717) is 35.5 Å². The number of ether oxygens (including phenoxy) is 1. The van der Waals surface area contributed by atoms with Crippen LogP contribution in [0, 0.1) is 6.92 Å². The van der Waals surface area contributed by atoms with E-state index in [-0.39, 0.29) is 30.4 Å². The molecule has 7 nitrogen and oxygen atoms in total. The van der Waals surface area contributed by atoms with Crippen LogP contribution in [0.2, 0.25) is 0 Å². The average Bonchev–Trinajstić information content (AvgIpc) is 3.07. The van der Waals surface area contributed by atoms with Gasteiger partial charge in [0.05, 0.1) is 30.9 Å². The van der Waals surface area contributed by atoms with Gasteiger partial charge in [-0.15, -0.1) is 0 Å². The first-order chi connectivity index (χ1) is 18.4. The van der Waals surface area contributed by atoms with Crippen molar-refractivity contribution in [3.8, 4) is 5.75 Å². The van der Waals surface area contributed by atoms with Gasteiger partial charge in [-0.05, 0) is 54.7 Å². The number of rotatable bonds is 6.